The standard InChI is InChI=1S/C35H37N7O2/c1-44-26-15-12-23(13-16-26)22-42-33(17-14-24-20-37-29-9-4-2-7-27(24)29)40-41-34(42)32(39-35(43)31-11-6-18-36-31)19-25-21-38-30-10-5-3-8-28(25)30/h2-5,7-10,12-13,15-16,20-21,31-32,36-38H,6,11,14,17-19,22H2,1H3,(H,39,43)/t31-,32+/m0/s1. The highest BCUT2D eigenvalue weighted by molar-refractivity contribution is 5.84. The number of para-hydroxylation sites is 2. The Labute approximate surface area is 256 Å². The van der Waals surface area contributed by atoms with Crippen molar-refractivity contribution in [1.82, 2.24) is 35.4 Å². The Kier molecular flexibility index (Phi) is 7.85. The van der Waals surface area contributed by atoms with Gasteiger partial charge in [0.05, 0.1) is 25.7 Å². The van der Waals surface area contributed by atoms with Crippen LogP contribution < -0.4 is 15.4 Å². The number of carbonyl (C=O) groups excluding carboxylic acids is 1. The molecule has 0 bridgehead atoms. The fraction of sp³-hybridized carbons (Fsp3) is 0.286. The summed E-state index contributed by atoms with van der Waals surface area (Å²) in [5.41, 5.74) is 5.69. The van der Waals surface area contributed by atoms with Crippen LogP contribution >= 0.6 is 0 Å². The van der Waals surface area contributed by atoms with Crippen molar-refractivity contribution in [1.29, 1.82) is 0 Å². The number of benzene rings is 3. The van der Waals surface area contributed by atoms with Crippen LogP contribution in [0, 0.1) is 0 Å². The van der Waals surface area contributed by atoms with Gasteiger partial charge in [0.25, 0.3) is 0 Å². The monoisotopic (exact) mass is 587 g/mol. The molecule has 224 valence electrons. The van der Waals surface area contributed by atoms with Gasteiger partial charge in [-0.25, -0.2) is 0 Å². The molecular weight excluding hydrogens is 550 g/mol. The number of H-pyrrole nitrogens is 2. The Bertz CT molecular complexity index is 1880. The number of rotatable bonds is 11. The molecule has 9 heteroatoms. The van der Waals surface area contributed by atoms with E-state index in [1.54, 1.807) is 7.11 Å². The highest BCUT2D eigenvalue weighted by atomic mass is 16.5. The first-order chi connectivity index (χ1) is 21.7. The zero-order chi connectivity index (χ0) is 29.9. The van der Waals surface area contributed by atoms with Crippen LogP contribution in [0.15, 0.2) is 85.2 Å². The number of ether oxygens (including phenoxy) is 1. The van der Waals surface area contributed by atoms with E-state index in [-0.39, 0.29) is 18.0 Å². The first-order valence-electron chi connectivity index (χ1n) is 15.3. The van der Waals surface area contributed by atoms with Crippen LogP contribution in [-0.4, -0.2) is 50.3 Å². The Hall–Kier alpha value is -4.89. The van der Waals surface area contributed by atoms with Crippen LogP contribution in [0.3, 0.4) is 0 Å². The molecule has 0 saturated carbocycles. The fourth-order valence-electron chi connectivity index (χ4n) is 6.37. The summed E-state index contributed by atoms with van der Waals surface area (Å²) < 4.78 is 7.59. The third-order valence-electron chi connectivity index (χ3n) is 8.75. The largest absolute Gasteiger partial charge is 0.497 e. The fourth-order valence-corrected chi connectivity index (χ4v) is 6.37. The van der Waals surface area contributed by atoms with E-state index < -0.39 is 0 Å². The minimum Gasteiger partial charge on any atom is -0.497 e. The predicted molar refractivity (Wildman–Crippen MR) is 172 cm³/mol. The molecule has 0 spiro atoms. The second-order valence-corrected chi connectivity index (χ2v) is 11.5. The molecule has 44 heavy (non-hydrogen) atoms. The summed E-state index contributed by atoms with van der Waals surface area (Å²) in [7, 11) is 1.67. The second kappa shape index (κ2) is 12.4. The molecule has 0 aliphatic carbocycles. The molecule has 6 aromatic rings. The Morgan fingerprint density at radius 2 is 1.64 bits per heavy atom. The second-order valence-electron chi connectivity index (χ2n) is 11.5. The van der Waals surface area contributed by atoms with Crippen LogP contribution in [0.2, 0.25) is 0 Å². The smallest absolute Gasteiger partial charge is 0.237 e. The van der Waals surface area contributed by atoms with Gasteiger partial charge in [-0.3, -0.25) is 4.79 Å². The maximum Gasteiger partial charge on any atom is 0.237 e. The van der Waals surface area contributed by atoms with Gasteiger partial charge in [-0.1, -0.05) is 48.5 Å². The van der Waals surface area contributed by atoms with E-state index >= 15 is 0 Å². The number of aromatic nitrogens is 5. The maximum absolute atomic E-state index is 13.5. The highest BCUT2D eigenvalue weighted by Crippen LogP contribution is 2.27. The number of aromatic amines is 2. The highest BCUT2D eigenvalue weighted by Gasteiger charge is 2.29. The van der Waals surface area contributed by atoms with Crippen LogP contribution in [-0.2, 0) is 30.6 Å². The molecule has 1 saturated heterocycles. The molecule has 0 radical (unpaired) electrons. The first kappa shape index (κ1) is 27.9. The van der Waals surface area contributed by atoms with Crippen molar-refractivity contribution in [2.45, 2.75) is 50.7 Å². The lowest BCUT2D eigenvalue weighted by Crippen LogP contribution is -2.43. The summed E-state index contributed by atoms with van der Waals surface area (Å²) in [4.78, 5) is 20.3. The number of methoxy groups -OCH3 is 1. The summed E-state index contributed by atoms with van der Waals surface area (Å²) in [6.45, 7) is 1.44. The molecule has 1 amide bonds. The van der Waals surface area contributed by atoms with Crippen LogP contribution in [0.25, 0.3) is 21.8 Å². The van der Waals surface area contributed by atoms with Crippen molar-refractivity contribution in [3.05, 3.63) is 114 Å². The molecule has 0 unspecified atom stereocenters. The van der Waals surface area contributed by atoms with Crippen molar-refractivity contribution in [2.24, 2.45) is 0 Å². The molecular formula is C35H37N7O2. The van der Waals surface area contributed by atoms with Gasteiger partial charge >= 0.3 is 0 Å². The van der Waals surface area contributed by atoms with Crippen molar-refractivity contribution in [3.8, 4) is 5.75 Å². The minimum atomic E-state index is -0.364. The Balaban J connectivity index is 1.25. The molecule has 7 rings (SSSR count). The average molecular weight is 588 g/mol. The lowest BCUT2D eigenvalue weighted by Gasteiger charge is -2.22. The number of fused-ring (bicyclic) bond motifs is 2. The molecule has 1 aliphatic heterocycles. The summed E-state index contributed by atoms with van der Waals surface area (Å²) in [5.74, 6) is 2.46. The third kappa shape index (κ3) is 5.70. The molecule has 2 atom stereocenters. The van der Waals surface area contributed by atoms with Gasteiger partial charge in [0.1, 0.15) is 11.6 Å². The van der Waals surface area contributed by atoms with Gasteiger partial charge in [-0.05, 0) is 66.8 Å². The van der Waals surface area contributed by atoms with Crippen molar-refractivity contribution >= 4 is 27.7 Å². The number of nitrogens with one attached hydrogen (secondary N) is 4. The van der Waals surface area contributed by atoms with E-state index in [2.05, 4.69) is 73.8 Å². The molecule has 3 aromatic heterocycles. The number of hydrogen-bond donors (Lipinski definition) is 4. The molecule has 1 fully saturated rings. The Morgan fingerprint density at radius 1 is 0.932 bits per heavy atom. The molecule has 4 heterocycles. The molecule has 4 N–H and O–H groups in total. The average Bonchev–Trinajstić information content (AvgIpc) is 3.88. The van der Waals surface area contributed by atoms with E-state index in [1.807, 2.05) is 36.5 Å². The lowest BCUT2D eigenvalue weighted by molar-refractivity contribution is -0.123. The van der Waals surface area contributed by atoms with Gasteiger partial charge in [0.2, 0.25) is 5.91 Å². The molecule has 3 aromatic carbocycles. The summed E-state index contributed by atoms with van der Waals surface area (Å²) in [6.07, 6.45) is 8.08. The topological polar surface area (TPSA) is 113 Å². The van der Waals surface area contributed by atoms with E-state index in [0.717, 1.165) is 70.8 Å². The minimum absolute atomic E-state index is 0.00619. The summed E-state index contributed by atoms with van der Waals surface area (Å²) >= 11 is 0. The SMILES string of the molecule is COc1ccc(Cn2c(CCc3c[nH]c4ccccc34)nnc2[C@@H](Cc2c[nH]c3ccccc23)NC(=O)[C@@H]2CCCN2)cc1. The maximum atomic E-state index is 13.5. The van der Waals surface area contributed by atoms with Crippen molar-refractivity contribution < 1.29 is 9.53 Å². The van der Waals surface area contributed by atoms with Gasteiger partial charge in [-0.15, -0.1) is 10.2 Å². The normalized spacial score (nSPS) is 15.6. The van der Waals surface area contributed by atoms with Gasteiger partial charge in [-0.2, -0.15) is 0 Å². The van der Waals surface area contributed by atoms with E-state index in [1.165, 1.54) is 10.9 Å². The first-order valence-corrected chi connectivity index (χ1v) is 15.3. The zero-order valence-electron chi connectivity index (χ0n) is 24.8. The number of hydrogen-bond acceptors (Lipinski definition) is 5. The lowest BCUT2D eigenvalue weighted by atomic mass is 10.0. The number of nitrogens with zero attached hydrogens (tertiary/aromatic N) is 3. The van der Waals surface area contributed by atoms with Crippen LogP contribution in [0.5, 0.6) is 5.75 Å². The van der Waals surface area contributed by atoms with E-state index in [0.29, 0.717) is 19.4 Å². The number of carbonyl (C=O) groups is 1. The molecule has 9 nitrogen and oxygen atoms in total. The van der Waals surface area contributed by atoms with Crippen LogP contribution in [0.4, 0.5) is 0 Å². The Morgan fingerprint density at radius 3 is 2.34 bits per heavy atom. The molecule has 1 aliphatic rings. The van der Waals surface area contributed by atoms with Crippen molar-refractivity contribution in [2.75, 3.05) is 13.7 Å². The van der Waals surface area contributed by atoms with Crippen molar-refractivity contribution in [3.63, 3.8) is 0 Å². The van der Waals surface area contributed by atoms with E-state index in [9.17, 15) is 4.79 Å². The zero-order valence-corrected chi connectivity index (χ0v) is 24.8. The third-order valence-corrected chi connectivity index (χ3v) is 8.75. The number of aryl methyl sites for hydroxylation is 2. The van der Waals surface area contributed by atoms with E-state index in [4.69, 9.17) is 14.9 Å². The van der Waals surface area contributed by atoms with Crippen LogP contribution in [0.1, 0.15) is 47.2 Å². The van der Waals surface area contributed by atoms with Gasteiger partial charge in [0, 0.05) is 47.0 Å². The summed E-state index contributed by atoms with van der Waals surface area (Å²) in [6, 6.07) is 24.2. The van der Waals surface area contributed by atoms with Gasteiger partial charge < -0.3 is 29.9 Å². The predicted octanol–water partition coefficient (Wildman–Crippen LogP) is 5.23. The quantitative estimate of drug-likeness (QED) is 0.166. The summed E-state index contributed by atoms with van der Waals surface area (Å²) in [5, 5.41) is 18.6. The number of amides is 1. The van der Waals surface area contributed by atoms with Gasteiger partial charge in [0.15, 0.2) is 5.82 Å².